The van der Waals surface area contributed by atoms with Crippen molar-refractivity contribution in [3.63, 3.8) is 0 Å². The van der Waals surface area contributed by atoms with Crippen molar-refractivity contribution in [2.45, 2.75) is 6.92 Å². The fourth-order valence-corrected chi connectivity index (χ4v) is 3.66. The van der Waals surface area contributed by atoms with E-state index in [1.807, 2.05) is 67.6 Å². The maximum Gasteiger partial charge on any atom is 0.267 e. The van der Waals surface area contributed by atoms with Gasteiger partial charge in [-0.25, -0.2) is 4.98 Å². The van der Waals surface area contributed by atoms with Crippen LogP contribution in [0.15, 0.2) is 66.9 Å². The van der Waals surface area contributed by atoms with Crippen molar-refractivity contribution in [2.75, 3.05) is 5.32 Å². The molecule has 5 heteroatoms. The summed E-state index contributed by atoms with van der Waals surface area (Å²) in [6.07, 6.45) is 1.72. The molecule has 1 N–H and O–H groups in total. The molecule has 4 aromatic rings. The Hall–Kier alpha value is -3.05. The maximum absolute atomic E-state index is 12.8. The zero-order chi connectivity index (χ0) is 17.2. The minimum atomic E-state index is -0.145. The van der Waals surface area contributed by atoms with Gasteiger partial charge in [0, 0.05) is 17.3 Å². The van der Waals surface area contributed by atoms with E-state index in [1.54, 1.807) is 6.20 Å². The summed E-state index contributed by atoms with van der Waals surface area (Å²) in [7, 11) is 0. The van der Waals surface area contributed by atoms with Gasteiger partial charge in [-0.1, -0.05) is 42.5 Å². The second-order valence-electron chi connectivity index (χ2n) is 5.63. The maximum atomic E-state index is 12.8. The second-order valence-corrected chi connectivity index (χ2v) is 6.63. The van der Waals surface area contributed by atoms with Crippen LogP contribution in [0.4, 0.5) is 5.69 Å². The van der Waals surface area contributed by atoms with Crippen LogP contribution in [0, 0.1) is 6.92 Å². The molecular formula is C20H15N3OS. The Bertz CT molecular complexity index is 1050. The number of anilines is 1. The van der Waals surface area contributed by atoms with E-state index in [-0.39, 0.29) is 5.91 Å². The lowest BCUT2D eigenvalue weighted by Crippen LogP contribution is -2.11. The van der Waals surface area contributed by atoms with Crippen molar-refractivity contribution in [1.29, 1.82) is 0 Å². The summed E-state index contributed by atoms with van der Waals surface area (Å²) in [4.78, 5) is 22.2. The Kier molecular flexibility index (Phi) is 3.99. The largest absolute Gasteiger partial charge is 0.321 e. The van der Waals surface area contributed by atoms with Crippen molar-refractivity contribution in [1.82, 2.24) is 9.97 Å². The van der Waals surface area contributed by atoms with Crippen molar-refractivity contribution >= 4 is 33.7 Å². The summed E-state index contributed by atoms with van der Waals surface area (Å²) < 4.78 is 0. The van der Waals surface area contributed by atoms with Crippen LogP contribution in [0.25, 0.3) is 21.5 Å². The molecule has 0 aliphatic carbocycles. The smallest absolute Gasteiger partial charge is 0.267 e. The van der Waals surface area contributed by atoms with Crippen LogP contribution in [-0.4, -0.2) is 15.9 Å². The highest BCUT2D eigenvalue weighted by Gasteiger charge is 2.17. The van der Waals surface area contributed by atoms with Crippen molar-refractivity contribution in [2.24, 2.45) is 0 Å². The van der Waals surface area contributed by atoms with E-state index in [0.29, 0.717) is 10.6 Å². The molecule has 25 heavy (non-hydrogen) atoms. The summed E-state index contributed by atoms with van der Waals surface area (Å²) in [5.74, 6) is -0.145. The first-order valence-corrected chi connectivity index (χ1v) is 8.72. The molecule has 1 amide bonds. The number of nitrogens with one attached hydrogen (secondary N) is 1. The van der Waals surface area contributed by atoms with Crippen LogP contribution >= 0.6 is 11.3 Å². The molecule has 4 nitrogen and oxygen atoms in total. The molecule has 0 unspecified atom stereocenters. The van der Waals surface area contributed by atoms with E-state index in [9.17, 15) is 4.79 Å². The minimum Gasteiger partial charge on any atom is -0.321 e. The number of aryl methyl sites for hydroxylation is 1. The first-order valence-electron chi connectivity index (χ1n) is 7.90. The minimum absolute atomic E-state index is 0.145. The fourth-order valence-electron chi connectivity index (χ4n) is 2.72. The number of aromatic nitrogens is 2. The van der Waals surface area contributed by atoms with Gasteiger partial charge < -0.3 is 5.32 Å². The molecule has 0 bridgehead atoms. The number of nitrogens with zero attached hydrogens (tertiary/aromatic N) is 2. The van der Waals surface area contributed by atoms with Gasteiger partial charge >= 0.3 is 0 Å². The van der Waals surface area contributed by atoms with Crippen LogP contribution in [-0.2, 0) is 0 Å². The van der Waals surface area contributed by atoms with Crippen LogP contribution in [0.5, 0.6) is 0 Å². The molecule has 0 saturated carbocycles. The summed E-state index contributed by atoms with van der Waals surface area (Å²) in [5, 5.41) is 5.88. The Morgan fingerprint density at radius 3 is 2.64 bits per heavy atom. The van der Waals surface area contributed by atoms with Gasteiger partial charge in [-0.15, -0.1) is 11.3 Å². The van der Waals surface area contributed by atoms with Gasteiger partial charge in [-0.2, -0.15) is 0 Å². The van der Waals surface area contributed by atoms with E-state index >= 15 is 0 Å². The van der Waals surface area contributed by atoms with E-state index in [2.05, 4.69) is 15.3 Å². The zero-order valence-corrected chi connectivity index (χ0v) is 14.4. The van der Waals surface area contributed by atoms with Gasteiger partial charge in [0.1, 0.15) is 9.88 Å². The third kappa shape index (κ3) is 3.02. The van der Waals surface area contributed by atoms with E-state index in [4.69, 9.17) is 0 Å². The Labute approximate surface area is 149 Å². The number of hydrogen-bond acceptors (Lipinski definition) is 4. The fraction of sp³-hybridized carbons (Fsp3) is 0.0500. The van der Waals surface area contributed by atoms with E-state index in [0.717, 1.165) is 27.2 Å². The predicted molar refractivity (Wildman–Crippen MR) is 102 cm³/mol. The molecule has 0 atom stereocenters. The molecule has 122 valence electrons. The monoisotopic (exact) mass is 345 g/mol. The molecule has 0 aliphatic heterocycles. The van der Waals surface area contributed by atoms with Crippen LogP contribution in [0.1, 0.15) is 15.4 Å². The molecular weight excluding hydrogens is 330 g/mol. The van der Waals surface area contributed by atoms with Gasteiger partial charge in [0.15, 0.2) is 0 Å². The summed E-state index contributed by atoms with van der Waals surface area (Å²) >= 11 is 1.36. The van der Waals surface area contributed by atoms with Gasteiger partial charge in [-0.05, 0) is 30.5 Å². The number of fused-ring (bicyclic) bond motifs is 1. The third-order valence-corrected chi connectivity index (χ3v) is 5.10. The van der Waals surface area contributed by atoms with Crippen LogP contribution < -0.4 is 5.32 Å². The Balaban J connectivity index is 1.66. The first-order chi connectivity index (χ1) is 12.2. The van der Waals surface area contributed by atoms with E-state index in [1.165, 1.54) is 11.3 Å². The molecule has 0 saturated heterocycles. The number of carbonyl (C=O) groups is 1. The number of amides is 1. The molecule has 0 fully saturated rings. The average molecular weight is 345 g/mol. The molecule has 2 aromatic carbocycles. The molecule has 2 aromatic heterocycles. The van der Waals surface area contributed by atoms with Crippen LogP contribution in [0.2, 0.25) is 0 Å². The summed E-state index contributed by atoms with van der Waals surface area (Å²) in [6.45, 7) is 1.85. The Morgan fingerprint density at radius 2 is 1.80 bits per heavy atom. The lowest BCUT2D eigenvalue weighted by atomic mass is 10.1. The number of hydrogen-bond donors (Lipinski definition) is 1. The van der Waals surface area contributed by atoms with Gasteiger partial charge in [0.05, 0.1) is 11.4 Å². The predicted octanol–water partition coefficient (Wildman–Crippen LogP) is 4.92. The Morgan fingerprint density at radius 1 is 1.00 bits per heavy atom. The van der Waals surface area contributed by atoms with Gasteiger partial charge in [-0.3, -0.25) is 9.78 Å². The van der Waals surface area contributed by atoms with E-state index < -0.39 is 0 Å². The van der Waals surface area contributed by atoms with Crippen LogP contribution in [0.3, 0.4) is 0 Å². The average Bonchev–Trinajstić information content (AvgIpc) is 3.05. The standard InChI is InChI=1S/C20H15N3OS/c1-13-18(25-20(22-13)17-10-4-5-12-21-17)19(24)23-16-11-6-8-14-7-2-3-9-15(14)16/h2-12H,1H3,(H,23,24). The number of carbonyl (C=O) groups excluding carboxylic acids is 1. The highest BCUT2D eigenvalue weighted by molar-refractivity contribution is 7.17. The lowest BCUT2D eigenvalue weighted by Gasteiger charge is -2.08. The third-order valence-electron chi connectivity index (χ3n) is 3.92. The highest BCUT2D eigenvalue weighted by atomic mass is 32.1. The number of benzene rings is 2. The number of rotatable bonds is 3. The zero-order valence-electron chi connectivity index (χ0n) is 13.6. The molecule has 0 aliphatic rings. The quantitative estimate of drug-likeness (QED) is 0.573. The van der Waals surface area contributed by atoms with Crippen molar-refractivity contribution in [3.05, 3.63) is 77.4 Å². The molecule has 0 spiro atoms. The molecule has 2 heterocycles. The number of pyridine rings is 1. The SMILES string of the molecule is Cc1nc(-c2ccccn2)sc1C(=O)Nc1cccc2ccccc12. The normalized spacial score (nSPS) is 10.8. The lowest BCUT2D eigenvalue weighted by molar-refractivity contribution is 0.103. The second kappa shape index (κ2) is 6.45. The van der Waals surface area contributed by atoms with Gasteiger partial charge in [0.25, 0.3) is 5.91 Å². The topological polar surface area (TPSA) is 54.9 Å². The van der Waals surface area contributed by atoms with Crippen molar-refractivity contribution < 1.29 is 4.79 Å². The summed E-state index contributed by atoms with van der Waals surface area (Å²) in [6, 6.07) is 19.5. The highest BCUT2D eigenvalue weighted by Crippen LogP contribution is 2.28. The number of thiazole rings is 1. The first kappa shape index (κ1) is 15.5. The molecule has 4 rings (SSSR count). The van der Waals surface area contributed by atoms with Gasteiger partial charge in [0.2, 0.25) is 0 Å². The molecule has 0 radical (unpaired) electrons. The van der Waals surface area contributed by atoms with Crippen molar-refractivity contribution in [3.8, 4) is 10.7 Å². The summed E-state index contributed by atoms with van der Waals surface area (Å²) in [5.41, 5.74) is 2.29.